The van der Waals surface area contributed by atoms with Crippen LogP contribution in [0.3, 0.4) is 0 Å². The molecule has 2 amide bonds. The van der Waals surface area contributed by atoms with Crippen LogP contribution < -0.4 is 10.6 Å². The molecule has 20 heavy (non-hydrogen) atoms. The highest BCUT2D eigenvalue weighted by Gasteiger charge is 2.21. The van der Waals surface area contributed by atoms with Gasteiger partial charge in [0, 0.05) is 23.6 Å². The van der Waals surface area contributed by atoms with Gasteiger partial charge < -0.3 is 15.5 Å². The number of piperazine rings is 1. The summed E-state index contributed by atoms with van der Waals surface area (Å²) in [6.07, 6.45) is 0. The zero-order valence-corrected chi connectivity index (χ0v) is 12.0. The molecule has 1 aliphatic heterocycles. The van der Waals surface area contributed by atoms with Gasteiger partial charge in [-0.15, -0.1) is 0 Å². The molecule has 1 aromatic rings. The van der Waals surface area contributed by atoms with E-state index in [0.717, 1.165) is 12.1 Å². The van der Waals surface area contributed by atoms with Crippen LogP contribution in [0, 0.1) is 11.6 Å². The Bertz CT molecular complexity index is 530. The van der Waals surface area contributed by atoms with Gasteiger partial charge in [-0.3, -0.25) is 9.59 Å². The zero-order valence-electron chi connectivity index (χ0n) is 10.4. The Balaban J connectivity index is 1.98. The van der Waals surface area contributed by atoms with Crippen molar-refractivity contribution in [3.05, 3.63) is 28.2 Å². The van der Waals surface area contributed by atoms with Crippen LogP contribution in [0.15, 0.2) is 16.6 Å². The number of nitrogens with zero attached hydrogens (tertiary/aromatic N) is 1. The van der Waals surface area contributed by atoms with Gasteiger partial charge in [0.25, 0.3) is 0 Å². The van der Waals surface area contributed by atoms with E-state index >= 15 is 0 Å². The maximum Gasteiger partial charge on any atom is 0.242 e. The molecule has 1 heterocycles. The van der Waals surface area contributed by atoms with Gasteiger partial charge in [-0.2, -0.15) is 0 Å². The van der Waals surface area contributed by atoms with Crippen molar-refractivity contribution in [2.24, 2.45) is 0 Å². The van der Waals surface area contributed by atoms with Crippen LogP contribution in [-0.4, -0.2) is 42.9 Å². The quantitative estimate of drug-likeness (QED) is 0.860. The molecule has 1 aromatic carbocycles. The smallest absolute Gasteiger partial charge is 0.242 e. The molecule has 8 heteroatoms. The first-order valence-electron chi connectivity index (χ1n) is 5.90. The number of rotatable bonds is 3. The molecule has 0 atom stereocenters. The number of hydrogen-bond acceptors (Lipinski definition) is 3. The number of amides is 2. The van der Waals surface area contributed by atoms with Crippen LogP contribution in [-0.2, 0) is 9.59 Å². The highest BCUT2D eigenvalue weighted by molar-refractivity contribution is 9.10. The van der Waals surface area contributed by atoms with E-state index in [4.69, 9.17) is 0 Å². The summed E-state index contributed by atoms with van der Waals surface area (Å²) in [5, 5.41) is 5.21. The Labute approximate surface area is 122 Å². The van der Waals surface area contributed by atoms with E-state index in [2.05, 4.69) is 26.6 Å². The summed E-state index contributed by atoms with van der Waals surface area (Å²) in [6.45, 7) is 0.639. The van der Waals surface area contributed by atoms with Gasteiger partial charge in [-0.25, -0.2) is 8.78 Å². The number of benzene rings is 1. The first-order valence-corrected chi connectivity index (χ1v) is 6.69. The second-order valence-electron chi connectivity index (χ2n) is 4.26. The predicted octanol–water partition coefficient (Wildman–Crippen LogP) is 1.10. The first kappa shape index (κ1) is 14.7. The van der Waals surface area contributed by atoms with Crippen molar-refractivity contribution in [3.63, 3.8) is 0 Å². The monoisotopic (exact) mass is 347 g/mol. The number of hydrogen-bond donors (Lipinski definition) is 2. The Morgan fingerprint density at radius 2 is 2.20 bits per heavy atom. The SMILES string of the molecule is O=C1CN(C(=O)CNc2c(F)cc(F)cc2Br)CCN1. The van der Waals surface area contributed by atoms with Crippen molar-refractivity contribution in [1.29, 1.82) is 0 Å². The average Bonchev–Trinajstić information content (AvgIpc) is 2.37. The molecule has 0 spiro atoms. The summed E-state index contributed by atoms with van der Waals surface area (Å²) in [5.41, 5.74) is 0.0150. The largest absolute Gasteiger partial charge is 0.373 e. The summed E-state index contributed by atoms with van der Waals surface area (Å²) in [4.78, 5) is 24.4. The van der Waals surface area contributed by atoms with Gasteiger partial charge in [0.15, 0.2) is 0 Å². The minimum absolute atomic E-state index is 0.00637. The van der Waals surface area contributed by atoms with Gasteiger partial charge in [0.1, 0.15) is 11.6 Å². The fourth-order valence-corrected chi connectivity index (χ4v) is 2.39. The second-order valence-corrected chi connectivity index (χ2v) is 5.12. The summed E-state index contributed by atoms with van der Waals surface area (Å²) >= 11 is 3.02. The maximum atomic E-state index is 13.5. The minimum atomic E-state index is -0.791. The van der Waals surface area contributed by atoms with Crippen molar-refractivity contribution >= 4 is 33.4 Å². The molecular formula is C12H12BrF2N3O2. The molecule has 5 nitrogen and oxygen atoms in total. The molecule has 0 radical (unpaired) electrons. The average molecular weight is 348 g/mol. The maximum absolute atomic E-state index is 13.5. The molecule has 108 valence electrons. The van der Waals surface area contributed by atoms with E-state index < -0.39 is 11.6 Å². The fraction of sp³-hybridized carbons (Fsp3) is 0.333. The molecule has 2 rings (SSSR count). The summed E-state index contributed by atoms with van der Waals surface area (Å²) < 4.78 is 26.7. The molecule has 1 fully saturated rings. The van der Waals surface area contributed by atoms with Crippen molar-refractivity contribution in [2.45, 2.75) is 0 Å². The van der Waals surface area contributed by atoms with Crippen LogP contribution >= 0.6 is 15.9 Å². The van der Waals surface area contributed by atoms with Crippen LogP contribution in [0.1, 0.15) is 0 Å². The zero-order chi connectivity index (χ0) is 14.7. The molecule has 0 unspecified atom stereocenters. The normalized spacial score (nSPS) is 14.9. The molecule has 1 aliphatic rings. The van der Waals surface area contributed by atoms with Crippen molar-refractivity contribution in [1.82, 2.24) is 10.2 Å². The Morgan fingerprint density at radius 3 is 2.85 bits per heavy atom. The van der Waals surface area contributed by atoms with Crippen molar-refractivity contribution in [3.8, 4) is 0 Å². The summed E-state index contributed by atoms with van der Waals surface area (Å²) in [5.74, 6) is -2.05. The Kier molecular flexibility index (Phi) is 4.53. The highest BCUT2D eigenvalue weighted by atomic mass is 79.9. The number of halogens is 3. The van der Waals surface area contributed by atoms with E-state index in [1.54, 1.807) is 0 Å². The topological polar surface area (TPSA) is 61.4 Å². The van der Waals surface area contributed by atoms with Gasteiger partial charge in [-0.1, -0.05) is 0 Å². The van der Waals surface area contributed by atoms with Gasteiger partial charge in [0.05, 0.1) is 18.8 Å². The lowest BCUT2D eigenvalue weighted by Crippen LogP contribution is -2.51. The van der Waals surface area contributed by atoms with E-state index in [0.29, 0.717) is 13.1 Å². The van der Waals surface area contributed by atoms with E-state index in [9.17, 15) is 18.4 Å². The van der Waals surface area contributed by atoms with Crippen LogP contribution in [0.25, 0.3) is 0 Å². The predicted molar refractivity (Wildman–Crippen MR) is 72.1 cm³/mol. The van der Waals surface area contributed by atoms with Crippen LogP contribution in [0.2, 0.25) is 0 Å². The number of carbonyl (C=O) groups excluding carboxylic acids is 2. The van der Waals surface area contributed by atoms with E-state index in [1.165, 1.54) is 4.90 Å². The van der Waals surface area contributed by atoms with E-state index in [1.807, 2.05) is 0 Å². The molecular weight excluding hydrogens is 336 g/mol. The fourth-order valence-electron chi connectivity index (χ4n) is 1.84. The third kappa shape index (κ3) is 3.44. The van der Waals surface area contributed by atoms with Crippen molar-refractivity contribution in [2.75, 3.05) is 31.5 Å². The number of carbonyl (C=O) groups is 2. The van der Waals surface area contributed by atoms with Crippen LogP contribution in [0.5, 0.6) is 0 Å². The number of anilines is 1. The summed E-state index contributed by atoms with van der Waals surface area (Å²) in [7, 11) is 0. The molecule has 0 aromatic heterocycles. The van der Waals surface area contributed by atoms with E-state index in [-0.39, 0.29) is 35.1 Å². The highest BCUT2D eigenvalue weighted by Crippen LogP contribution is 2.26. The third-order valence-electron chi connectivity index (χ3n) is 2.81. The molecule has 0 aliphatic carbocycles. The Morgan fingerprint density at radius 1 is 1.45 bits per heavy atom. The lowest BCUT2D eigenvalue weighted by atomic mass is 10.3. The van der Waals surface area contributed by atoms with Gasteiger partial charge in [0.2, 0.25) is 11.8 Å². The molecule has 1 saturated heterocycles. The third-order valence-corrected chi connectivity index (χ3v) is 3.44. The van der Waals surface area contributed by atoms with Crippen LogP contribution in [0.4, 0.5) is 14.5 Å². The van der Waals surface area contributed by atoms with Crippen molar-refractivity contribution < 1.29 is 18.4 Å². The van der Waals surface area contributed by atoms with Gasteiger partial charge >= 0.3 is 0 Å². The summed E-state index contributed by atoms with van der Waals surface area (Å²) in [6, 6.07) is 1.83. The molecule has 0 bridgehead atoms. The Hall–Kier alpha value is -1.70. The number of nitrogens with one attached hydrogen (secondary N) is 2. The molecule has 2 N–H and O–H groups in total. The lowest BCUT2D eigenvalue weighted by molar-refractivity contribution is -0.136. The standard InChI is InChI=1S/C12H12BrF2N3O2/c13-8-3-7(14)4-9(15)12(8)17-5-11(20)18-2-1-16-10(19)6-18/h3-4,17H,1-2,5-6H2,(H,16,19). The minimum Gasteiger partial charge on any atom is -0.373 e. The first-order chi connectivity index (χ1) is 9.47. The van der Waals surface area contributed by atoms with Gasteiger partial charge in [-0.05, 0) is 22.0 Å². The lowest BCUT2D eigenvalue weighted by Gasteiger charge is -2.27. The molecule has 0 saturated carbocycles. The second kappa shape index (κ2) is 6.17.